The number of hydrogen-bond acceptors (Lipinski definition) is 5. The molecule has 2 N–H and O–H groups in total. The summed E-state index contributed by atoms with van der Waals surface area (Å²) in [5.41, 5.74) is 0. The van der Waals surface area contributed by atoms with Gasteiger partial charge in [-0.2, -0.15) is 0 Å². The van der Waals surface area contributed by atoms with E-state index in [1.54, 1.807) is 6.07 Å². The molecule has 1 fully saturated rings. The van der Waals surface area contributed by atoms with Crippen LogP contribution in [0.15, 0.2) is 17.5 Å². The molecule has 0 radical (unpaired) electrons. The lowest BCUT2D eigenvalue weighted by molar-refractivity contribution is -0.140. The predicted molar refractivity (Wildman–Crippen MR) is 64.5 cm³/mol. The van der Waals surface area contributed by atoms with E-state index in [2.05, 4.69) is 5.32 Å². The Morgan fingerprint density at radius 2 is 2.41 bits per heavy atom. The lowest BCUT2D eigenvalue weighted by Gasteiger charge is -2.30. The Morgan fingerprint density at radius 3 is 3.06 bits per heavy atom. The average molecular weight is 254 g/mol. The van der Waals surface area contributed by atoms with Gasteiger partial charge in [0.25, 0.3) is 0 Å². The van der Waals surface area contributed by atoms with E-state index >= 15 is 0 Å². The topological polar surface area (TPSA) is 69.6 Å². The van der Waals surface area contributed by atoms with Crippen LogP contribution >= 0.6 is 11.3 Å². The molecule has 0 saturated carbocycles. The van der Waals surface area contributed by atoms with E-state index in [-0.39, 0.29) is 5.78 Å². The smallest absolute Gasteiger partial charge is 0.322 e. The van der Waals surface area contributed by atoms with Gasteiger partial charge in [0.1, 0.15) is 6.04 Å². The Bertz CT molecular complexity index is 405. The fourth-order valence-corrected chi connectivity index (χ4v) is 2.50. The highest BCUT2D eigenvalue weighted by Crippen LogP contribution is 2.11. The summed E-state index contributed by atoms with van der Waals surface area (Å²) < 4.78 is 0. The Morgan fingerprint density at radius 1 is 1.59 bits per heavy atom. The summed E-state index contributed by atoms with van der Waals surface area (Å²) in [5.74, 6) is -0.802. The summed E-state index contributed by atoms with van der Waals surface area (Å²) in [5, 5.41) is 13.7. The molecule has 1 aliphatic heterocycles. The average Bonchev–Trinajstić information content (AvgIpc) is 2.82. The van der Waals surface area contributed by atoms with Crippen molar-refractivity contribution >= 4 is 23.1 Å². The van der Waals surface area contributed by atoms with E-state index < -0.39 is 12.0 Å². The Kier molecular flexibility index (Phi) is 3.88. The quantitative estimate of drug-likeness (QED) is 0.756. The van der Waals surface area contributed by atoms with Gasteiger partial charge in [-0.05, 0) is 11.4 Å². The van der Waals surface area contributed by atoms with E-state index in [9.17, 15) is 9.59 Å². The van der Waals surface area contributed by atoms with Gasteiger partial charge in [-0.3, -0.25) is 14.5 Å². The molecule has 0 spiro atoms. The first kappa shape index (κ1) is 12.2. The first-order chi connectivity index (χ1) is 8.16. The van der Waals surface area contributed by atoms with Crippen LogP contribution < -0.4 is 5.32 Å². The van der Waals surface area contributed by atoms with Crippen LogP contribution in [-0.4, -0.2) is 54.0 Å². The molecule has 2 heterocycles. The Labute approximate surface area is 103 Å². The second kappa shape index (κ2) is 5.39. The van der Waals surface area contributed by atoms with Crippen molar-refractivity contribution in [3.63, 3.8) is 0 Å². The molecule has 1 aliphatic rings. The van der Waals surface area contributed by atoms with Gasteiger partial charge in [0.05, 0.1) is 11.4 Å². The number of nitrogens with one attached hydrogen (secondary N) is 1. The first-order valence-electron chi connectivity index (χ1n) is 5.42. The zero-order valence-corrected chi connectivity index (χ0v) is 10.1. The highest BCUT2D eigenvalue weighted by Gasteiger charge is 2.26. The van der Waals surface area contributed by atoms with Crippen molar-refractivity contribution < 1.29 is 14.7 Å². The van der Waals surface area contributed by atoms with Crippen LogP contribution in [-0.2, 0) is 4.79 Å². The van der Waals surface area contributed by atoms with Crippen molar-refractivity contribution in [1.82, 2.24) is 10.2 Å². The van der Waals surface area contributed by atoms with E-state index in [0.29, 0.717) is 26.2 Å². The van der Waals surface area contributed by atoms with Crippen molar-refractivity contribution in [2.75, 3.05) is 26.2 Å². The standard InChI is InChI=1S/C11H14N2O3S/c14-9(10-2-1-5-17-10)7-13-4-3-12-8(6-13)11(15)16/h1-2,5,8,12H,3-4,6-7H2,(H,15,16)/t8-/m1/s1. The fraction of sp³-hybridized carbons (Fsp3) is 0.455. The number of carboxylic acids is 1. The minimum Gasteiger partial charge on any atom is -0.480 e. The highest BCUT2D eigenvalue weighted by atomic mass is 32.1. The van der Waals surface area contributed by atoms with E-state index in [0.717, 1.165) is 4.88 Å². The monoisotopic (exact) mass is 254 g/mol. The predicted octanol–water partition coefficient (Wildman–Crippen LogP) is 0.289. The Balaban J connectivity index is 1.91. The zero-order chi connectivity index (χ0) is 12.3. The maximum absolute atomic E-state index is 11.9. The number of carbonyl (C=O) groups excluding carboxylic acids is 1. The third-order valence-corrected chi connectivity index (χ3v) is 3.63. The van der Waals surface area contributed by atoms with E-state index in [4.69, 9.17) is 5.11 Å². The molecule has 1 saturated heterocycles. The highest BCUT2D eigenvalue weighted by molar-refractivity contribution is 7.12. The maximum Gasteiger partial charge on any atom is 0.322 e. The maximum atomic E-state index is 11.9. The summed E-state index contributed by atoms with van der Waals surface area (Å²) in [6.45, 7) is 1.99. The summed E-state index contributed by atoms with van der Waals surface area (Å²) in [6, 6.07) is 3.07. The van der Waals surface area contributed by atoms with Crippen molar-refractivity contribution in [2.45, 2.75) is 6.04 Å². The van der Waals surface area contributed by atoms with Gasteiger partial charge in [0.15, 0.2) is 5.78 Å². The molecule has 1 atom stereocenters. The van der Waals surface area contributed by atoms with Gasteiger partial charge in [-0.15, -0.1) is 11.3 Å². The van der Waals surface area contributed by atoms with Crippen LogP contribution in [0.3, 0.4) is 0 Å². The lowest BCUT2D eigenvalue weighted by Crippen LogP contribution is -2.55. The van der Waals surface area contributed by atoms with Crippen molar-refractivity contribution in [3.8, 4) is 0 Å². The largest absolute Gasteiger partial charge is 0.480 e. The van der Waals surface area contributed by atoms with Gasteiger partial charge in [0, 0.05) is 19.6 Å². The molecule has 0 aliphatic carbocycles. The number of ketones is 1. The van der Waals surface area contributed by atoms with Gasteiger partial charge in [0.2, 0.25) is 0 Å². The molecule has 2 rings (SSSR count). The number of Topliss-reactive ketones (excluding diaryl/α,β-unsaturated/α-hetero) is 1. The second-order valence-electron chi connectivity index (χ2n) is 3.98. The van der Waals surface area contributed by atoms with Gasteiger partial charge < -0.3 is 10.4 Å². The normalized spacial score (nSPS) is 21.3. The van der Waals surface area contributed by atoms with Crippen LogP contribution in [0, 0.1) is 0 Å². The first-order valence-corrected chi connectivity index (χ1v) is 6.30. The molecule has 1 aromatic rings. The molecule has 5 nitrogen and oxygen atoms in total. The number of aliphatic carboxylic acids is 1. The fourth-order valence-electron chi connectivity index (χ4n) is 1.84. The number of carboxylic acid groups (broad SMARTS) is 1. The SMILES string of the molecule is O=C(CN1CCN[C@@H](C(=O)O)C1)c1cccs1. The van der Waals surface area contributed by atoms with Crippen LogP contribution in [0.2, 0.25) is 0 Å². The molecule has 17 heavy (non-hydrogen) atoms. The van der Waals surface area contributed by atoms with Crippen molar-refractivity contribution in [2.24, 2.45) is 0 Å². The van der Waals surface area contributed by atoms with E-state index in [1.165, 1.54) is 11.3 Å². The summed E-state index contributed by atoms with van der Waals surface area (Å²) in [6.07, 6.45) is 0. The summed E-state index contributed by atoms with van der Waals surface area (Å²) >= 11 is 1.42. The Hall–Kier alpha value is -1.24. The van der Waals surface area contributed by atoms with E-state index in [1.807, 2.05) is 16.3 Å². The number of carbonyl (C=O) groups is 2. The minimum absolute atomic E-state index is 0.0611. The number of piperazine rings is 1. The zero-order valence-electron chi connectivity index (χ0n) is 9.26. The lowest BCUT2D eigenvalue weighted by atomic mass is 10.2. The molecule has 6 heteroatoms. The van der Waals surface area contributed by atoms with Crippen LogP contribution in [0.5, 0.6) is 0 Å². The minimum atomic E-state index is -0.863. The molecule has 0 aromatic carbocycles. The van der Waals surface area contributed by atoms with Crippen LogP contribution in [0.1, 0.15) is 9.67 Å². The molecule has 1 aromatic heterocycles. The third kappa shape index (κ3) is 3.12. The summed E-state index contributed by atoms with van der Waals surface area (Å²) in [4.78, 5) is 25.3. The number of hydrogen-bond donors (Lipinski definition) is 2. The van der Waals surface area contributed by atoms with Crippen LogP contribution in [0.25, 0.3) is 0 Å². The van der Waals surface area contributed by atoms with Crippen molar-refractivity contribution in [3.05, 3.63) is 22.4 Å². The van der Waals surface area contributed by atoms with Crippen LogP contribution in [0.4, 0.5) is 0 Å². The molecule has 0 amide bonds. The molecule has 0 unspecified atom stereocenters. The second-order valence-corrected chi connectivity index (χ2v) is 4.93. The molecular weight excluding hydrogens is 240 g/mol. The van der Waals surface area contributed by atoms with Gasteiger partial charge >= 0.3 is 5.97 Å². The van der Waals surface area contributed by atoms with Gasteiger partial charge in [-0.1, -0.05) is 6.07 Å². The van der Waals surface area contributed by atoms with Gasteiger partial charge in [-0.25, -0.2) is 0 Å². The molecule has 0 bridgehead atoms. The number of nitrogens with zero attached hydrogens (tertiary/aromatic N) is 1. The summed E-state index contributed by atoms with van der Waals surface area (Å²) in [7, 11) is 0. The molecular formula is C11H14N2O3S. The number of rotatable bonds is 4. The van der Waals surface area contributed by atoms with Crippen molar-refractivity contribution in [1.29, 1.82) is 0 Å². The molecule has 92 valence electrons. The third-order valence-electron chi connectivity index (χ3n) is 2.72. The number of thiophene rings is 1.